The maximum absolute atomic E-state index is 5.85. The van der Waals surface area contributed by atoms with Crippen molar-refractivity contribution in [2.75, 3.05) is 24.7 Å². The maximum atomic E-state index is 5.85. The van der Waals surface area contributed by atoms with E-state index in [9.17, 15) is 0 Å². The van der Waals surface area contributed by atoms with E-state index in [4.69, 9.17) is 18.0 Å². The smallest absolute Gasteiger partial charge is 0.107 e. The highest BCUT2D eigenvalue weighted by Crippen LogP contribution is 2.29. The molecule has 0 saturated carbocycles. The Morgan fingerprint density at radius 1 is 1.47 bits per heavy atom. The molecule has 94 valence electrons. The first-order valence-electron chi connectivity index (χ1n) is 5.65. The van der Waals surface area contributed by atoms with E-state index in [1.165, 1.54) is 0 Å². The van der Waals surface area contributed by atoms with Gasteiger partial charge in [0, 0.05) is 29.7 Å². The predicted octanol–water partition coefficient (Wildman–Crippen LogP) is 3.13. The first kappa shape index (κ1) is 14.3. The monoisotopic (exact) mass is 268 g/mol. The minimum Gasteiger partial charge on any atom is -0.389 e. The second-order valence-electron chi connectivity index (χ2n) is 4.49. The lowest BCUT2D eigenvalue weighted by atomic mass is 10.1. The van der Waals surface area contributed by atoms with Gasteiger partial charge in [-0.05, 0) is 24.3 Å². The van der Waals surface area contributed by atoms with E-state index in [2.05, 4.69) is 44.0 Å². The van der Waals surface area contributed by atoms with Crippen molar-refractivity contribution in [2.45, 2.75) is 18.7 Å². The number of thiocarbonyl (C=S) groups is 1. The van der Waals surface area contributed by atoms with E-state index in [0.29, 0.717) is 10.9 Å². The van der Waals surface area contributed by atoms with Crippen LogP contribution in [0.3, 0.4) is 0 Å². The van der Waals surface area contributed by atoms with Crippen molar-refractivity contribution < 1.29 is 0 Å². The number of nitrogens with zero attached hydrogens (tertiary/aromatic N) is 1. The Hall–Kier alpha value is -0.740. The number of hydrogen-bond acceptors (Lipinski definition) is 3. The van der Waals surface area contributed by atoms with E-state index in [-0.39, 0.29) is 0 Å². The zero-order valence-electron chi connectivity index (χ0n) is 10.9. The SMILES string of the molecule is CSc1cccc(N(C)CC(C)C)c1C(N)=S. The molecule has 0 heterocycles. The molecule has 2 N–H and O–H groups in total. The van der Waals surface area contributed by atoms with Gasteiger partial charge in [0.25, 0.3) is 0 Å². The molecule has 0 aliphatic carbocycles. The minimum absolute atomic E-state index is 0.473. The van der Waals surface area contributed by atoms with Crippen LogP contribution < -0.4 is 10.6 Å². The summed E-state index contributed by atoms with van der Waals surface area (Å²) in [7, 11) is 2.08. The standard InChI is InChI=1S/C13H20N2S2/c1-9(2)8-15(3)10-6-5-7-11(17-4)12(10)13(14)16/h5-7,9H,8H2,1-4H3,(H2,14,16). The molecule has 1 rings (SSSR count). The number of thioether (sulfide) groups is 1. The van der Waals surface area contributed by atoms with E-state index >= 15 is 0 Å². The predicted molar refractivity (Wildman–Crippen MR) is 82.2 cm³/mol. The number of anilines is 1. The van der Waals surface area contributed by atoms with Gasteiger partial charge in [-0.2, -0.15) is 0 Å². The van der Waals surface area contributed by atoms with Gasteiger partial charge in [0.2, 0.25) is 0 Å². The number of hydrogen-bond donors (Lipinski definition) is 1. The van der Waals surface area contributed by atoms with Crippen LogP contribution in [0.1, 0.15) is 19.4 Å². The topological polar surface area (TPSA) is 29.3 Å². The van der Waals surface area contributed by atoms with Crippen molar-refractivity contribution in [3.05, 3.63) is 23.8 Å². The van der Waals surface area contributed by atoms with Crippen LogP contribution in [0.15, 0.2) is 23.1 Å². The van der Waals surface area contributed by atoms with Crippen molar-refractivity contribution in [3.63, 3.8) is 0 Å². The largest absolute Gasteiger partial charge is 0.389 e. The van der Waals surface area contributed by atoms with Crippen molar-refractivity contribution in [3.8, 4) is 0 Å². The van der Waals surface area contributed by atoms with Crippen LogP contribution in [0.25, 0.3) is 0 Å². The summed E-state index contributed by atoms with van der Waals surface area (Å²) in [6.45, 7) is 5.40. The molecule has 17 heavy (non-hydrogen) atoms. The van der Waals surface area contributed by atoms with Crippen LogP contribution in [0.5, 0.6) is 0 Å². The third-order valence-corrected chi connectivity index (χ3v) is 3.50. The van der Waals surface area contributed by atoms with Gasteiger partial charge in [-0.25, -0.2) is 0 Å². The molecule has 2 nitrogen and oxygen atoms in total. The lowest BCUT2D eigenvalue weighted by molar-refractivity contribution is 0.638. The minimum atomic E-state index is 0.473. The third-order valence-electron chi connectivity index (χ3n) is 2.52. The van der Waals surface area contributed by atoms with Crippen LogP contribution in [0.4, 0.5) is 5.69 Å². The Morgan fingerprint density at radius 2 is 2.12 bits per heavy atom. The molecule has 0 amide bonds. The molecule has 0 bridgehead atoms. The summed E-state index contributed by atoms with van der Waals surface area (Å²) >= 11 is 6.85. The summed E-state index contributed by atoms with van der Waals surface area (Å²) < 4.78 is 0. The molecule has 0 unspecified atom stereocenters. The van der Waals surface area contributed by atoms with E-state index in [1.807, 2.05) is 6.26 Å². The maximum Gasteiger partial charge on any atom is 0.107 e. The molecule has 4 heteroatoms. The summed E-state index contributed by atoms with van der Waals surface area (Å²) in [6, 6.07) is 6.20. The van der Waals surface area contributed by atoms with Crippen LogP contribution in [0.2, 0.25) is 0 Å². The Morgan fingerprint density at radius 3 is 2.59 bits per heavy atom. The summed E-state index contributed by atoms with van der Waals surface area (Å²) in [5.74, 6) is 0.608. The van der Waals surface area contributed by atoms with Crippen molar-refractivity contribution in [1.29, 1.82) is 0 Å². The molecule has 0 aliphatic heterocycles. The molecule has 0 atom stereocenters. The summed E-state index contributed by atoms with van der Waals surface area (Å²) in [4.78, 5) is 3.84. The molecular weight excluding hydrogens is 248 g/mol. The molecular formula is C13H20N2S2. The number of benzene rings is 1. The molecule has 0 spiro atoms. The quantitative estimate of drug-likeness (QED) is 0.656. The van der Waals surface area contributed by atoms with Gasteiger partial charge in [-0.3, -0.25) is 0 Å². The molecule has 1 aromatic rings. The molecule has 0 radical (unpaired) electrons. The fourth-order valence-corrected chi connectivity index (χ4v) is 2.81. The van der Waals surface area contributed by atoms with E-state index < -0.39 is 0 Å². The highest BCUT2D eigenvalue weighted by Gasteiger charge is 2.14. The number of rotatable bonds is 5. The fraction of sp³-hybridized carbons (Fsp3) is 0.462. The van der Waals surface area contributed by atoms with Crippen LogP contribution in [-0.2, 0) is 0 Å². The average Bonchev–Trinajstić information content (AvgIpc) is 2.26. The fourth-order valence-electron chi connectivity index (χ4n) is 1.90. The van der Waals surface area contributed by atoms with Crippen LogP contribution >= 0.6 is 24.0 Å². The van der Waals surface area contributed by atoms with Gasteiger partial charge in [0.1, 0.15) is 4.99 Å². The molecule has 0 aliphatic rings. The molecule has 0 aromatic heterocycles. The van der Waals surface area contributed by atoms with Crippen LogP contribution in [0, 0.1) is 5.92 Å². The molecule has 1 aromatic carbocycles. The zero-order chi connectivity index (χ0) is 13.0. The first-order chi connectivity index (χ1) is 7.97. The Balaban J connectivity index is 3.18. The van der Waals surface area contributed by atoms with Crippen molar-refractivity contribution >= 4 is 34.7 Å². The Bertz CT molecular complexity index is 402. The summed E-state index contributed by atoms with van der Waals surface area (Å²) in [5, 5.41) is 0. The highest BCUT2D eigenvalue weighted by atomic mass is 32.2. The summed E-state index contributed by atoms with van der Waals surface area (Å²) in [5.41, 5.74) is 7.97. The highest BCUT2D eigenvalue weighted by molar-refractivity contribution is 7.98. The Labute approximate surface area is 114 Å². The average molecular weight is 268 g/mol. The lowest BCUT2D eigenvalue weighted by Gasteiger charge is -2.25. The zero-order valence-corrected chi connectivity index (χ0v) is 12.5. The van der Waals surface area contributed by atoms with Gasteiger partial charge >= 0.3 is 0 Å². The van der Waals surface area contributed by atoms with Crippen LogP contribution in [-0.4, -0.2) is 24.8 Å². The van der Waals surface area contributed by atoms with Gasteiger partial charge in [0.05, 0.1) is 0 Å². The van der Waals surface area contributed by atoms with Crippen molar-refractivity contribution in [2.24, 2.45) is 11.7 Å². The lowest BCUT2D eigenvalue weighted by Crippen LogP contribution is -2.26. The van der Waals surface area contributed by atoms with Crippen molar-refractivity contribution in [1.82, 2.24) is 0 Å². The number of nitrogens with two attached hydrogens (primary N) is 1. The second kappa shape index (κ2) is 6.26. The van der Waals surface area contributed by atoms with E-state index in [0.717, 1.165) is 22.7 Å². The van der Waals surface area contributed by atoms with Gasteiger partial charge in [-0.1, -0.05) is 32.1 Å². The normalized spacial score (nSPS) is 10.6. The summed E-state index contributed by atoms with van der Waals surface area (Å²) in [6.07, 6.45) is 2.04. The third kappa shape index (κ3) is 3.61. The molecule has 0 saturated heterocycles. The van der Waals surface area contributed by atoms with Gasteiger partial charge in [-0.15, -0.1) is 11.8 Å². The second-order valence-corrected chi connectivity index (χ2v) is 5.78. The molecule has 0 fully saturated rings. The van der Waals surface area contributed by atoms with Gasteiger partial charge in [0.15, 0.2) is 0 Å². The first-order valence-corrected chi connectivity index (χ1v) is 7.28. The Kier molecular flexibility index (Phi) is 5.28. The van der Waals surface area contributed by atoms with Gasteiger partial charge < -0.3 is 10.6 Å². The van der Waals surface area contributed by atoms with E-state index in [1.54, 1.807) is 11.8 Å².